The van der Waals surface area contributed by atoms with Crippen molar-refractivity contribution in [3.05, 3.63) is 12.7 Å². The van der Waals surface area contributed by atoms with Gasteiger partial charge in [0.2, 0.25) is 0 Å². The van der Waals surface area contributed by atoms with Crippen molar-refractivity contribution in [2.24, 2.45) is 5.92 Å². The molecule has 0 spiro atoms. The lowest BCUT2D eigenvalue weighted by molar-refractivity contribution is -0.120. The Balaban J connectivity index is 3.87. The standard InChI is InChI=1S/C7H11ClO/c1-4-5(2)7(9)6(3)8/h4-6H,1H2,2-3H3. The van der Waals surface area contributed by atoms with Crippen LogP contribution in [0.4, 0.5) is 0 Å². The fourth-order valence-corrected chi connectivity index (χ4v) is 0.677. The quantitative estimate of drug-likeness (QED) is 0.440. The Morgan fingerprint density at radius 1 is 1.67 bits per heavy atom. The Morgan fingerprint density at radius 3 is 2.22 bits per heavy atom. The maximum atomic E-state index is 10.9. The van der Waals surface area contributed by atoms with Gasteiger partial charge in [0.1, 0.15) is 0 Å². The average Bonchev–Trinajstić information content (AvgIpc) is 1.84. The highest BCUT2D eigenvalue weighted by Gasteiger charge is 2.13. The van der Waals surface area contributed by atoms with Gasteiger partial charge in [-0.1, -0.05) is 13.0 Å². The van der Waals surface area contributed by atoms with Crippen molar-refractivity contribution in [2.75, 3.05) is 0 Å². The van der Waals surface area contributed by atoms with Crippen LogP contribution in [-0.2, 0) is 4.79 Å². The number of Topliss-reactive ketones (excluding diaryl/α,β-unsaturated/α-hetero) is 1. The highest BCUT2D eigenvalue weighted by Crippen LogP contribution is 2.05. The van der Waals surface area contributed by atoms with E-state index >= 15 is 0 Å². The van der Waals surface area contributed by atoms with Crippen LogP contribution in [0.5, 0.6) is 0 Å². The molecule has 0 bridgehead atoms. The van der Waals surface area contributed by atoms with Crippen LogP contribution >= 0.6 is 11.6 Å². The van der Waals surface area contributed by atoms with Gasteiger partial charge < -0.3 is 0 Å². The summed E-state index contributed by atoms with van der Waals surface area (Å²) in [6.45, 7) is 6.94. The molecular formula is C7H11ClO. The molecule has 0 aromatic carbocycles. The van der Waals surface area contributed by atoms with Crippen molar-refractivity contribution >= 4 is 17.4 Å². The molecule has 52 valence electrons. The number of halogens is 1. The van der Waals surface area contributed by atoms with Crippen molar-refractivity contribution in [1.29, 1.82) is 0 Å². The van der Waals surface area contributed by atoms with E-state index in [2.05, 4.69) is 6.58 Å². The van der Waals surface area contributed by atoms with E-state index in [1.165, 1.54) is 0 Å². The van der Waals surface area contributed by atoms with E-state index in [1.807, 2.05) is 0 Å². The minimum atomic E-state index is -0.391. The maximum Gasteiger partial charge on any atom is 0.156 e. The summed E-state index contributed by atoms with van der Waals surface area (Å²) in [5, 5.41) is -0.391. The second-order valence-corrected chi connectivity index (χ2v) is 2.70. The van der Waals surface area contributed by atoms with Crippen LogP contribution in [0.2, 0.25) is 0 Å². The van der Waals surface area contributed by atoms with Crippen LogP contribution in [0.25, 0.3) is 0 Å². The first-order chi connectivity index (χ1) is 4.09. The third kappa shape index (κ3) is 2.66. The van der Waals surface area contributed by atoms with Crippen LogP contribution in [0.1, 0.15) is 13.8 Å². The van der Waals surface area contributed by atoms with E-state index in [9.17, 15) is 4.79 Å². The third-order valence-corrected chi connectivity index (χ3v) is 1.41. The zero-order valence-electron chi connectivity index (χ0n) is 5.73. The molecular weight excluding hydrogens is 136 g/mol. The number of hydrogen-bond donors (Lipinski definition) is 0. The number of carbonyl (C=O) groups excluding carboxylic acids is 1. The Morgan fingerprint density at radius 2 is 2.11 bits per heavy atom. The number of allylic oxidation sites excluding steroid dienone is 1. The van der Waals surface area contributed by atoms with Crippen molar-refractivity contribution in [2.45, 2.75) is 19.2 Å². The van der Waals surface area contributed by atoms with E-state index < -0.39 is 5.38 Å². The first-order valence-electron chi connectivity index (χ1n) is 2.90. The zero-order chi connectivity index (χ0) is 7.44. The summed E-state index contributed by atoms with van der Waals surface area (Å²) in [5.41, 5.74) is 0. The molecule has 0 aliphatic carbocycles. The summed E-state index contributed by atoms with van der Waals surface area (Å²) in [5.74, 6) is -0.0795. The van der Waals surface area contributed by atoms with Crippen LogP contribution in [0.3, 0.4) is 0 Å². The van der Waals surface area contributed by atoms with Gasteiger partial charge in [-0.3, -0.25) is 4.79 Å². The SMILES string of the molecule is C=CC(C)C(=O)C(C)Cl. The number of hydrogen-bond acceptors (Lipinski definition) is 1. The Bertz CT molecular complexity index is 118. The number of alkyl halides is 1. The minimum Gasteiger partial charge on any atom is -0.297 e. The van der Waals surface area contributed by atoms with E-state index in [0.29, 0.717) is 0 Å². The normalized spacial score (nSPS) is 16.3. The highest BCUT2D eigenvalue weighted by atomic mass is 35.5. The van der Waals surface area contributed by atoms with Gasteiger partial charge in [-0.2, -0.15) is 0 Å². The van der Waals surface area contributed by atoms with Gasteiger partial charge in [0.15, 0.2) is 5.78 Å². The van der Waals surface area contributed by atoms with E-state index in [0.717, 1.165) is 0 Å². The molecule has 2 unspecified atom stereocenters. The van der Waals surface area contributed by atoms with E-state index in [4.69, 9.17) is 11.6 Å². The van der Waals surface area contributed by atoms with Gasteiger partial charge in [0, 0.05) is 5.92 Å². The average molecular weight is 147 g/mol. The molecule has 2 heteroatoms. The molecule has 2 atom stereocenters. The Hall–Kier alpha value is -0.300. The van der Waals surface area contributed by atoms with Gasteiger partial charge >= 0.3 is 0 Å². The zero-order valence-corrected chi connectivity index (χ0v) is 6.48. The molecule has 1 nitrogen and oxygen atoms in total. The number of ketones is 1. The molecule has 0 N–H and O–H groups in total. The fraction of sp³-hybridized carbons (Fsp3) is 0.571. The van der Waals surface area contributed by atoms with Crippen LogP contribution in [0.15, 0.2) is 12.7 Å². The molecule has 0 saturated carbocycles. The number of rotatable bonds is 3. The van der Waals surface area contributed by atoms with Crippen molar-refractivity contribution in [3.8, 4) is 0 Å². The summed E-state index contributed by atoms with van der Waals surface area (Å²) in [6.07, 6.45) is 1.60. The first-order valence-corrected chi connectivity index (χ1v) is 3.33. The second kappa shape index (κ2) is 3.67. The van der Waals surface area contributed by atoms with Crippen molar-refractivity contribution in [1.82, 2.24) is 0 Å². The minimum absolute atomic E-state index is 0.0340. The summed E-state index contributed by atoms with van der Waals surface area (Å²) in [4.78, 5) is 10.9. The smallest absolute Gasteiger partial charge is 0.156 e. The van der Waals surface area contributed by atoms with Crippen molar-refractivity contribution < 1.29 is 4.79 Å². The van der Waals surface area contributed by atoms with Gasteiger partial charge in [-0.05, 0) is 6.92 Å². The molecule has 0 aromatic heterocycles. The van der Waals surface area contributed by atoms with Crippen LogP contribution in [0, 0.1) is 5.92 Å². The van der Waals surface area contributed by atoms with E-state index in [1.54, 1.807) is 19.9 Å². The second-order valence-electron chi connectivity index (χ2n) is 2.04. The Labute approximate surface area is 60.7 Å². The summed E-state index contributed by atoms with van der Waals surface area (Å²) < 4.78 is 0. The van der Waals surface area contributed by atoms with Gasteiger partial charge in [0.25, 0.3) is 0 Å². The van der Waals surface area contributed by atoms with E-state index in [-0.39, 0.29) is 11.7 Å². The molecule has 0 amide bonds. The molecule has 0 saturated heterocycles. The topological polar surface area (TPSA) is 17.1 Å². The molecule has 0 heterocycles. The maximum absolute atomic E-state index is 10.9. The lowest BCUT2D eigenvalue weighted by atomic mass is 10.1. The van der Waals surface area contributed by atoms with Gasteiger partial charge in [-0.25, -0.2) is 0 Å². The third-order valence-electron chi connectivity index (χ3n) is 1.19. The molecule has 0 aliphatic rings. The summed E-state index contributed by atoms with van der Waals surface area (Å²) >= 11 is 5.50. The summed E-state index contributed by atoms with van der Waals surface area (Å²) in [6, 6.07) is 0. The molecule has 0 rings (SSSR count). The van der Waals surface area contributed by atoms with Crippen LogP contribution < -0.4 is 0 Å². The van der Waals surface area contributed by atoms with Crippen LogP contribution in [-0.4, -0.2) is 11.2 Å². The highest BCUT2D eigenvalue weighted by molar-refractivity contribution is 6.31. The predicted molar refractivity (Wildman–Crippen MR) is 39.7 cm³/mol. The molecule has 0 aromatic rings. The lowest BCUT2D eigenvalue weighted by Crippen LogP contribution is -2.17. The molecule has 9 heavy (non-hydrogen) atoms. The van der Waals surface area contributed by atoms with Crippen molar-refractivity contribution in [3.63, 3.8) is 0 Å². The monoisotopic (exact) mass is 146 g/mol. The fourth-order valence-electron chi connectivity index (χ4n) is 0.478. The van der Waals surface area contributed by atoms with Gasteiger partial charge in [0.05, 0.1) is 5.38 Å². The molecule has 0 radical (unpaired) electrons. The largest absolute Gasteiger partial charge is 0.297 e. The lowest BCUT2D eigenvalue weighted by Gasteiger charge is -2.04. The molecule has 0 fully saturated rings. The number of carbonyl (C=O) groups is 1. The predicted octanol–water partition coefficient (Wildman–Crippen LogP) is 2.00. The summed E-state index contributed by atoms with van der Waals surface area (Å²) in [7, 11) is 0. The first kappa shape index (κ1) is 8.70. The Kier molecular flexibility index (Phi) is 3.55. The molecule has 0 aliphatic heterocycles. The van der Waals surface area contributed by atoms with Gasteiger partial charge in [-0.15, -0.1) is 18.2 Å².